The molecular weight excluding hydrogens is 220 g/mol. The molecule has 6 nitrogen and oxygen atoms in total. The topological polar surface area (TPSA) is 92.1 Å². The van der Waals surface area contributed by atoms with E-state index >= 15 is 0 Å². The zero-order valence-electron chi connectivity index (χ0n) is 9.73. The van der Waals surface area contributed by atoms with Crippen molar-refractivity contribution in [3.8, 4) is 0 Å². The van der Waals surface area contributed by atoms with Gasteiger partial charge in [-0.2, -0.15) is 5.10 Å². The fraction of sp³-hybridized carbons (Fsp3) is 0.545. The molecule has 17 heavy (non-hydrogen) atoms. The normalized spacial score (nSPS) is 29.7. The number of nitrogens with zero attached hydrogens (tertiary/aromatic N) is 2. The van der Waals surface area contributed by atoms with Crippen LogP contribution >= 0.6 is 0 Å². The number of amides is 2. The molecule has 1 saturated heterocycles. The molecule has 2 aliphatic rings. The number of carbonyl (C=O) groups excluding carboxylic acids is 2. The molecule has 2 atom stereocenters. The summed E-state index contributed by atoms with van der Waals surface area (Å²) >= 11 is 0. The predicted molar refractivity (Wildman–Crippen MR) is 59.7 cm³/mol. The molecule has 6 heteroatoms. The van der Waals surface area contributed by atoms with Gasteiger partial charge < -0.3 is 5.73 Å². The molecule has 0 aromatic carbocycles. The van der Waals surface area contributed by atoms with Crippen LogP contribution in [0.2, 0.25) is 0 Å². The third-order valence-corrected chi connectivity index (χ3v) is 3.94. The Morgan fingerprint density at radius 1 is 1.41 bits per heavy atom. The van der Waals surface area contributed by atoms with E-state index < -0.39 is 0 Å². The molecule has 3 rings (SSSR count). The highest BCUT2D eigenvalue weighted by Crippen LogP contribution is 2.63. The van der Waals surface area contributed by atoms with Crippen LogP contribution in [0.25, 0.3) is 0 Å². The number of hydrogen-bond acceptors (Lipinski definition) is 4. The first-order valence-electron chi connectivity index (χ1n) is 5.60. The Hall–Kier alpha value is -1.69. The van der Waals surface area contributed by atoms with Crippen molar-refractivity contribution in [2.75, 3.05) is 4.90 Å². The lowest BCUT2D eigenvalue weighted by molar-refractivity contribution is -0.125. The molecule has 2 heterocycles. The van der Waals surface area contributed by atoms with Gasteiger partial charge in [0, 0.05) is 12.1 Å². The van der Waals surface area contributed by atoms with E-state index in [1.165, 1.54) is 4.90 Å². The summed E-state index contributed by atoms with van der Waals surface area (Å²) in [7, 11) is 0. The molecule has 1 aromatic heterocycles. The fourth-order valence-corrected chi connectivity index (χ4v) is 2.81. The van der Waals surface area contributed by atoms with Crippen LogP contribution in [-0.4, -0.2) is 22.0 Å². The zero-order chi connectivity index (χ0) is 12.4. The highest BCUT2D eigenvalue weighted by molar-refractivity contribution is 6.25. The molecule has 3 N–H and O–H groups in total. The van der Waals surface area contributed by atoms with Crippen molar-refractivity contribution in [1.29, 1.82) is 0 Å². The Morgan fingerprint density at radius 3 is 2.53 bits per heavy atom. The molecule has 1 aliphatic heterocycles. The van der Waals surface area contributed by atoms with E-state index in [1.54, 1.807) is 6.20 Å². The lowest BCUT2D eigenvalue weighted by atomic mass is 10.1. The van der Waals surface area contributed by atoms with E-state index in [-0.39, 0.29) is 35.6 Å². The summed E-state index contributed by atoms with van der Waals surface area (Å²) in [6.45, 7) is 4.15. The van der Waals surface area contributed by atoms with Gasteiger partial charge >= 0.3 is 0 Å². The van der Waals surface area contributed by atoms with Crippen LogP contribution in [0.5, 0.6) is 0 Å². The highest BCUT2D eigenvalue weighted by atomic mass is 16.2. The van der Waals surface area contributed by atoms with Gasteiger partial charge in [-0.25, -0.2) is 4.90 Å². The van der Waals surface area contributed by atoms with Crippen LogP contribution in [0.4, 0.5) is 5.82 Å². The number of nitrogens with one attached hydrogen (secondary N) is 1. The number of imide groups is 1. The number of aromatic nitrogens is 2. The van der Waals surface area contributed by atoms with Crippen LogP contribution in [0.1, 0.15) is 19.4 Å². The molecule has 1 aliphatic carbocycles. The molecule has 90 valence electrons. The van der Waals surface area contributed by atoms with Crippen LogP contribution in [0, 0.1) is 17.3 Å². The summed E-state index contributed by atoms with van der Waals surface area (Å²) in [6, 6.07) is 0. The first-order chi connectivity index (χ1) is 8.00. The molecule has 1 aromatic rings. The number of piperidine rings is 1. The second kappa shape index (κ2) is 2.95. The first kappa shape index (κ1) is 10.5. The monoisotopic (exact) mass is 234 g/mol. The smallest absolute Gasteiger partial charge is 0.239 e. The van der Waals surface area contributed by atoms with Gasteiger partial charge in [0.15, 0.2) is 0 Å². The average molecular weight is 234 g/mol. The maximum atomic E-state index is 12.2. The number of H-pyrrole nitrogens is 1. The third-order valence-electron chi connectivity index (χ3n) is 3.94. The quantitative estimate of drug-likeness (QED) is 0.705. The number of carbonyl (C=O) groups is 2. The average Bonchev–Trinajstić information content (AvgIpc) is 2.63. The molecule has 2 amide bonds. The molecule has 0 radical (unpaired) electrons. The Morgan fingerprint density at radius 2 is 2.00 bits per heavy atom. The van der Waals surface area contributed by atoms with Gasteiger partial charge in [-0.15, -0.1) is 0 Å². The molecule has 2 unspecified atom stereocenters. The van der Waals surface area contributed by atoms with Crippen molar-refractivity contribution >= 4 is 17.6 Å². The van der Waals surface area contributed by atoms with Crippen molar-refractivity contribution < 1.29 is 9.59 Å². The Labute approximate surface area is 98.2 Å². The van der Waals surface area contributed by atoms with E-state index in [0.717, 1.165) is 0 Å². The maximum absolute atomic E-state index is 12.2. The van der Waals surface area contributed by atoms with Gasteiger partial charge in [-0.1, -0.05) is 13.8 Å². The minimum atomic E-state index is -0.187. The van der Waals surface area contributed by atoms with E-state index in [2.05, 4.69) is 10.2 Å². The Bertz CT molecular complexity index is 495. The van der Waals surface area contributed by atoms with Gasteiger partial charge in [-0.3, -0.25) is 14.7 Å². The highest BCUT2D eigenvalue weighted by Gasteiger charge is 2.73. The van der Waals surface area contributed by atoms with Crippen molar-refractivity contribution in [2.24, 2.45) is 23.0 Å². The lowest BCUT2D eigenvalue weighted by Gasteiger charge is -2.19. The van der Waals surface area contributed by atoms with Gasteiger partial charge in [0.2, 0.25) is 11.8 Å². The zero-order valence-corrected chi connectivity index (χ0v) is 9.73. The number of nitrogens with two attached hydrogens (primary N) is 1. The molecule has 2 fully saturated rings. The molecule has 1 saturated carbocycles. The molecular formula is C11H14N4O2. The summed E-state index contributed by atoms with van der Waals surface area (Å²) in [6.07, 6.45) is 1.55. The van der Waals surface area contributed by atoms with E-state index in [4.69, 9.17) is 5.73 Å². The largest absolute Gasteiger partial charge is 0.326 e. The summed E-state index contributed by atoms with van der Waals surface area (Å²) in [4.78, 5) is 25.5. The number of fused-ring (bicyclic) bond motifs is 1. The Kier molecular flexibility index (Phi) is 1.82. The number of hydrogen-bond donors (Lipinski definition) is 2. The summed E-state index contributed by atoms with van der Waals surface area (Å²) < 4.78 is 0. The van der Waals surface area contributed by atoms with Crippen LogP contribution in [0.3, 0.4) is 0 Å². The van der Waals surface area contributed by atoms with E-state index in [1.807, 2.05) is 13.8 Å². The third kappa shape index (κ3) is 1.10. The summed E-state index contributed by atoms with van der Waals surface area (Å²) in [5.74, 6) is -0.189. The van der Waals surface area contributed by atoms with E-state index in [9.17, 15) is 9.59 Å². The predicted octanol–water partition coefficient (Wildman–Crippen LogP) is 0.0138. The van der Waals surface area contributed by atoms with Gasteiger partial charge in [0.05, 0.1) is 18.0 Å². The fourth-order valence-electron chi connectivity index (χ4n) is 2.81. The van der Waals surface area contributed by atoms with Crippen LogP contribution < -0.4 is 10.6 Å². The van der Waals surface area contributed by atoms with Crippen molar-refractivity contribution in [3.05, 3.63) is 11.8 Å². The second-order valence-corrected chi connectivity index (χ2v) is 5.24. The lowest BCUT2D eigenvalue weighted by Crippen LogP contribution is -2.37. The SMILES string of the molecule is CC1(C)C2C(=O)N(c3[nH]ncc3CN)C(=O)C21. The van der Waals surface area contributed by atoms with Gasteiger partial charge in [-0.05, 0) is 5.41 Å². The molecule has 0 spiro atoms. The van der Waals surface area contributed by atoms with Crippen molar-refractivity contribution in [2.45, 2.75) is 20.4 Å². The van der Waals surface area contributed by atoms with Crippen molar-refractivity contribution in [1.82, 2.24) is 10.2 Å². The van der Waals surface area contributed by atoms with Crippen LogP contribution in [-0.2, 0) is 16.1 Å². The van der Waals surface area contributed by atoms with E-state index in [0.29, 0.717) is 11.4 Å². The molecule has 0 bridgehead atoms. The van der Waals surface area contributed by atoms with Gasteiger partial charge in [0.25, 0.3) is 0 Å². The number of anilines is 1. The first-order valence-corrected chi connectivity index (χ1v) is 5.60. The summed E-state index contributed by atoms with van der Waals surface area (Å²) in [5, 5.41) is 6.51. The number of aromatic amines is 1. The standard InChI is InChI=1S/C11H14N4O2/c1-11(2)6-7(11)10(17)15(9(6)16)8-5(3-12)4-13-14-8/h4,6-7H,3,12H2,1-2H3,(H,13,14). The van der Waals surface area contributed by atoms with Crippen molar-refractivity contribution in [3.63, 3.8) is 0 Å². The summed E-state index contributed by atoms with van der Waals surface area (Å²) in [5.41, 5.74) is 6.04. The Balaban J connectivity index is 1.98. The maximum Gasteiger partial charge on any atom is 0.239 e. The minimum absolute atomic E-state index is 0.135. The minimum Gasteiger partial charge on any atom is -0.326 e. The number of rotatable bonds is 2. The van der Waals surface area contributed by atoms with Gasteiger partial charge in [0.1, 0.15) is 5.82 Å². The van der Waals surface area contributed by atoms with Crippen LogP contribution in [0.15, 0.2) is 6.20 Å². The second-order valence-electron chi connectivity index (χ2n) is 5.24.